The Hall–Kier alpha value is -1.43. The van der Waals surface area contributed by atoms with E-state index in [0.29, 0.717) is 24.4 Å². The zero-order valence-corrected chi connectivity index (χ0v) is 11.6. The molecule has 1 heterocycles. The molecule has 20 heavy (non-hydrogen) atoms. The average molecular weight is 288 g/mol. The normalized spacial score (nSPS) is 16.3. The SMILES string of the molecule is CC(C)Oc1cc2c(cc1N)CCN(CC(F)(F)F)C2. The number of nitrogens with zero attached hydrogens (tertiary/aromatic N) is 1. The molecule has 0 saturated carbocycles. The van der Waals surface area contributed by atoms with Gasteiger partial charge >= 0.3 is 6.18 Å². The van der Waals surface area contributed by atoms with Crippen molar-refractivity contribution < 1.29 is 17.9 Å². The summed E-state index contributed by atoms with van der Waals surface area (Å²) in [4.78, 5) is 1.40. The van der Waals surface area contributed by atoms with Gasteiger partial charge in [-0.1, -0.05) is 0 Å². The zero-order chi connectivity index (χ0) is 14.9. The van der Waals surface area contributed by atoms with Crippen molar-refractivity contribution >= 4 is 5.69 Å². The van der Waals surface area contributed by atoms with Gasteiger partial charge in [0.15, 0.2) is 0 Å². The van der Waals surface area contributed by atoms with E-state index in [9.17, 15) is 13.2 Å². The highest BCUT2D eigenvalue weighted by Gasteiger charge is 2.32. The Morgan fingerprint density at radius 3 is 2.60 bits per heavy atom. The molecule has 1 aromatic rings. The quantitative estimate of drug-likeness (QED) is 0.869. The predicted molar refractivity (Wildman–Crippen MR) is 71.7 cm³/mol. The van der Waals surface area contributed by atoms with Crippen LogP contribution in [-0.2, 0) is 13.0 Å². The molecule has 0 amide bonds. The summed E-state index contributed by atoms with van der Waals surface area (Å²) < 4.78 is 42.9. The Morgan fingerprint density at radius 1 is 1.30 bits per heavy atom. The van der Waals surface area contributed by atoms with Crippen LogP contribution in [0, 0.1) is 0 Å². The second-order valence-electron chi connectivity index (χ2n) is 5.40. The predicted octanol–water partition coefficient (Wildman–Crippen LogP) is 2.98. The van der Waals surface area contributed by atoms with Gasteiger partial charge in [-0.2, -0.15) is 13.2 Å². The molecule has 1 aromatic carbocycles. The van der Waals surface area contributed by atoms with E-state index in [4.69, 9.17) is 10.5 Å². The van der Waals surface area contributed by atoms with Crippen LogP contribution in [0.15, 0.2) is 12.1 Å². The number of anilines is 1. The lowest BCUT2D eigenvalue weighted by molar-refractivity contribution is -0.147. The van der Waals surface area contributed by atoms with Crippen LogP contribution in [0.4, 0.5) is 18.9 Å². The highest BCUT2D eigenvalue weighted by molar-refractivity contribution is 5.57. The minimum atomic E-state index is -4.16. The molecule has 6 heteroatoms. The van der Waals surface area contributed by atoms with Gasteiger partial charge in [-0.15, -0.1) is 0 Å². The van der Waals surface area contributed by atoms with Gasteiger partial charge in [0.25, 0.3) is 0 Å². The van der Waals surface area contributed by atoms with Crippen molar-refractivity contribution in [2.75, 3.05) is 18.8 Å². The smallest absolute Gasteiger partial charge is 0.401 e. The second kappa shape index (κ2) is 5.52. The molecule has 1 aliphatic rings. The van der Waals surface area contributed by atoms with E-state index in [-0.39, 0.29) is 12.6 Å². The number of nitrogens with two attached hydrogens (primary N) is 1. The maximum atomic E-state index is 12.4. The first kappa shape index (κ1) is 15.0. The highest BCUT2D eigenvalue weighted by Crippen LogP contribution is 2.31. The number of halogens is 3. The van der Waals surface area contributed by atoms with Crippen molar-refractivity contribution in [1.29, 1.82) is 0 Å². The van der Waals surface area contributed by atoms with Crippen LogP contribution in [0.3, 0.4) is 0 Å². The van der Waals surface area contributed by atoms with Crippen LogP contribution in [0.1, 0.15) is 25.0 Å². The van der Waals surface area contributed by atoms with E-state index in [1.807, 2.05) is 19.9 Å². The third-order valence-corrected chi connectivity index (χ3v) is 3.19. The van der Waals surface area contributed by atoms with Crippen molar-refractivity contribution in [2.45, 2.75) is 39.1 Å². The molecule has 0 saturated heterocycles. The molecular formula is C14H19F3N2O. The number of ether oxygens (including phenoxy) is 1. The molecule has 3 nitrogen and oxygen atoms in total. The zero-order valence-electron chi connectivity index (χ0n) is 11.6. The van der Waals surface area contributed by atoms with E-state index in [1.165, 1.54) is 4.90 Å². The van der Waals surface area contributed by atoms with Gasteiger partial charge in [-0.25, -0.2) is 0 Å². The highest BCUT2D eigenvalue weighted by atomic mass is 19.4. The summed E-state index contributed by atoms with van der Waals surface area (Å²) in [6.45, 7) is 3.57. The van der Waals surface area contributed by atoms with E-state index in [0.717, 1.165) is 11.1 Å². The van der Waals surface area contributed by atoms with Crippen molar-refractivity contribution in [3.05, 3.63) is 23.3 Å². The van der Waals surface area contributed by atoms with Crippen LogP contribution < -0.4 is 10.5 Å². The average Bonchev–Trinajstić information content (AvgIpc) is 2.28. The summed E-state index contributed by atoms with van der Waals surface area (Å²) in [5.41, 5.74) is 8.33. The summed E-state index contributed by atoms with van der Waals surface area (Å²) in [5, 5.41) is 0. The lowest BCUT2D eigenvalue weighted by Gasteiger charge is -2.30. The molecule has 0 spiro atoms. The summed E-state index contributed by atoms with van der Waals surface area (Å²) in [5.74, 6) is 0.549. The first-order chi connectivity index (χ1) is 9.24. The number of hydrogen-bond donors (Lipinski definition) is 1. The first-order valence-electron chi connectivity index (χ1n) is 6.61. The number of alkyl halides is 3. The Kier molecular flexibility index (Phi) is 4.13. The van der Waals surface area contributed by atoms with Gasteiger partial charge in [0.1, 0.15) is 5.75 Å². The molecule has 0 radical (unpaired) electrons. The minimum Gasteiger partial charge on any atom is -0.489 e. The summed E-state index contributed by atoms with van der Waals surface area (Å²) >= 11 is 0. The van der Waals surface area contributed by atoms with Crippen LogP contribution >= 0.6 is 0 Å². The number of fused-ring (bicyclic) bond motifs is 1. The van der Waals surface area contributed by atoms with Crippen LogP contribution in [0.5, 0.6) is 5.75 Å². The Labute approximate surface area is 116 Å². The van der Waals surface area contributed by atoms with Crippen LogP contribution in [-0.4, -0.2) is 30.3 Å². The summed E-state index contributed by atoms with van der Waals surface area (Å²) in [6.07, 6.45) is -3.61. The monoisotopic (exact) mass is 288 g/mol. The summed E-state index contributed by atoms with van der Waals surface area (Å²) in [7, 11) is 0. The largest absolute Gasteiger partial charge is 0.489 e. The Bertz CT molecular complexity index is 486. The molecule has 2 rings (SSSR count). The van der Waals surface area contributed by atoms with Gasteiger partial charge in [0, 0.05) is 13.1 Å². The third kappa shape index (κ3) is 3.79. The van der Waals surface area contributed by atoms with Crippen molar-refractivity contribution in [3.8, 4) is 5.75 Å². The molecule has 1 aliphatic heterocycles. The van der Waals surface area contributed by atoms with Gasteiger partial charge in [0.2, 0.25) is 0 Å². The van der Waals surface area contributed by atoms with Crippen molar-refractivity contribution in [3.63, 3.8) is 0 Å². The number of hydrogen-bond acceptors (Lipinski definition) is 3. The molecule has 2 N–H and O–H groups in total. The van der Waals surface area contributed by atoms with Gasteiger partial charge < -0.3 is 10.5 Å². The molecule has 0 atom stereocenters. The minimum absolute atomic E-state index is 0.0229. The third-order valence-electron chi connectivity index (χ3n) is 3.19. The molecule has 0 aromatic heterocycles. The molecule has 0 bridgehead atoms. The van der Waals surface area contributed by atoms with Crippen LogP contribution in [0.25, 0.3) is 0 Å². The fourth-order valence-corrected chi connectivity index (χ4v) is 2.41. The van der Waals surface area contributed by atoms with E-state index >= 15 is 0 Å². The number of rotatable bonds is 3. The second-order valence-corrected chi connectivity index (χ2v) is 5.40. The molecule has 112 valence electrons. The van der Waals surface area contributed by atoms with Gasteiger partial charge in [-0.3, -0.25) is 4.90 Å². The number of benzene rings is 1. The first-order valence-corrected chi connectivity index (χ1v) is 6.61. The van der Waals surface area contributed by atoms with Crippen LogP contribution in [0.2, 0.25) is 0 Å². The van der Waals surface area contributed by atoms with E-state index in [2.05, 4.69) is 0 Å². The van der Waals surface area contributed by atoms with Crippen molar-refractivity contribution in [1.82, 2.24) is 4.90 Å². The molecule has 0 fully saturated rings. The molecule has 0 aliphatic carbocycles. The lowest BCUT2D eigenvalue weighted by Crippen LogP contribution is -2.38. The Morgan fingerprint density at radius 2 is 2.00 bits per heavy atom. The maximum absolute atomic E-state index is 12.4. The van der Waals surface area contributed by atoms with Crippen molar-refractivity contribution in [2.24, 2.45) is 0 Å². The van der Waals surface area contributed by atoms with E-state index < -0.39 is 12.7 Å². The Balaban J connectivity index is 2.18. The van der Waals surface area contributed by atoms with Gasteiger partial charge in [-0.05, 0) is 43.5 Å². The maximum Gasteiger partial charge on any atom is 0.401 e. The van der Waals surface area contributed by atoms with E-state index in [1.54, 1.807) is 6.07 Å². The fourth-order valence-electron chi connectivity index (χ4n) is 2.41. The van der Waals surface area contributed by atoms with Gasteiger partial charge in [0.05, 0.1) is 18.3 Å². The standard InChI is InChI=1S/C14H19F3N2O/c1-9(2)20-13-6-11-7-19(8-14(15,16)17)4-3-10(11)5-12(13)18/h5-6,9H,3-4,7-8,18H2,1-2H3. The lowest BCUT2D eigenvalue weighted by atomic mass is 9.98. The molecule has 0 unspecified atom stereocenters. The number of nitrogen functional groups attached to an aromatic ring is 1. The summed E-state index contributed by atoms with van der Waals surface area (Å²) in [6, 6.07) is 3.59. The fraction of sp³-hybridized carbons (Fsp3) is 0.571. The topological polar surface area (TPSA) is 38.5 Å². The molecular weight excluding hydrogens is 269 g/mol.